The van der Waals surface area contributed by atoms with Crippen molar-refractivity contribution in [2.24, 2.45) is 7.05 Å². The maximum Gasteiger partial charge on any atom is 0.341 e. The third-order valence-electron chi connectivity index (χ3n) is 4.85. The van der Waals surface area contributed by atoms with Crippen LogP contribution in [0, 0.1) is 6.92 Å². The number of likely N-dealkylation sites (tertiary alicyclic amines) is 1. The molecule has 0 spiro atoms. The Hall–Kier alpha value is -2.41. The van der Waals surface area contributed by atoms with E-state index >= 15 is 0 Å². The number of nitrogens with one attached hydrogen (secondary N) is 1. The zero-order valence-electron chi connectivity index (χ0n) is 15.8. The number of carbonyl (C=O) groups excluding carboxylic acids is 1. The maximum absolute atomic E-state index is 12.5. The summed E-state index contributed by atoms with van der Waals surface area (Å²) in [4.78, 5) is 19.3. The number of nitrogens with zero attached hydrogens (tertiary/aromatic N) is 4. The quantitative estimate of drug-likeness (QED) is 0.633. The van der Waals surface area contributed by atoms with Crippen molar-refractivity contribution in [3.05, 3.63) is 30.1 Å². The normalized spacial score (nSPS) is 16.0. The van der Waals surface area contributed by atoms with Gasteiger partial charge in [-0.2, -0.15) is 5.10 Å². The second-order valence-corrected chi connectivity index (χ2v) is 6.68. The number of rotatable bonds is 6. The van der Waals surface area contributed by atoms with Crippen molar-refractivity contribution in [2.45, 2.75) is 32.7 Å². The number of piperidine rings is 1. The molecule has 0 saturated carbocycles. The number of carbonyl (C=O) groups is 1. The van der Waals surface area contributed by atoms with Gasteiger partial charge in [0.05, 0.1) is 23.4 Å². The topological polar surface area (TPSA) is 72.3 Å². The highest BCUT2D eigenvalue weighted by Crippen LogP contribution is 2.31. The Balaban J connectivity index is 1.93. The number of esters is 1. The maximum atomic E-state index is 12.5. The van der Waals surface area contributed by atoms with E-state index in [1.54, 1.807) is 10.9 Å². The molecule has 7 nitrogen and oxygen atoms in total. The Bertz CT molecular complexity index is 806. The molecule has 140 valence electrons. The molecule has 0 amide bonds. The molecule has 1 fully saturated rings. The van der Waals surface area contributed by atoms with Crippen LogP contribution < -0.4 is 5.32 Å². The molecule has 7 heteroatoms. The van der Waals surface area contributed by atoms with Crippen molar-refractivity contribution in [3.8, 4) is 0 Å². The van der Waals surface area contributed by atoms with Crippen molar-refractivity contribution < 1.29 is 9.53 Å². The highest BCUT2D eigenvalue weighted by atomic mass is 16.5. The van der Waals surface area contributed by atoms with E-state index in [4.69, 9.17) is 4.74 Å². The Labute approximate surface area is 154 Å². The zero-order chi connectivity index (χ0) is 18.7. The SMILES string of the molecule is C=CCN1CCC(Nc2c(C(=O)OCC)cnc3c2c(C)nn3C)CC1. The predicted molar refractivity (Wildman–Crippen MR) is 102 cm³/mol. The van der Waals surface area contributed by atoms with Gasteiger partial charge in [-0.3, -0.25) is 9.58 Å². The second kappa shape index (κ2) is 7.86. The Morgan fingerprint density at radius 3 is 2.85 bits per heavy atom. The summed E-state index contributed by atoms with van der Waals surface area (Å²) in [5.74, 6) is -0.350. The van der Waals surface area contributed by atoms with Gasteiger partial charge in [-0.15, -0.1) is 6.58 Å². The van der Waals surface area contributed by atoms with E-state index in [1.165, 1.54) is 0 Å². The van der Waals surface area contributed by atoms with Crippen LogP contribution in [0.2, 0.25) is 0 Å². The minimum atomic E-state index is -0.350. The van der Waals surface area contributed by atoms with Crippen LogP contribution in [0.1, 0.15) is 35.8 Å². The lowest BCUT2D eigenvalue weighted by Gasteiger charge is -2.32. The number of aryl methyl sites for hydroxylation is 2. The number of ether oxygens (including phenoxy) is 1. The van der Waals surface area contributed by atoms with Gasteiger partial charge in [0.25, 0.3) is 0 Å². The lowest BCUT2D eigenvalue weighted by Crippen LogP contribution is -2.39. The first-order valence-electron chi connectivity index (χ1n) is 9.14. The van der Waals surface area contributed by atoms with Gasteiger partial charge in [0, 0.05) is 38.9 Å². The largest absolute Gasteiger partial charge is 0.462 e. The van der Waals surface area contributed by atoms with Gasteiger partial charge in [0.1, 0.15) is 5.56 Å². The number of fused-ring (bicyclic) bond motifs is 1. The van der Waals surface area contributed by atoms with Crippen molar-refractivity contribution in [1.29, 1.82) is 0 Å². The molecule has 3 heterocycles. The molecule has 0 atom stereocenters. The number of pyridine rings is 1. The van der Waals surface area contributed by atoms with Crippen LogP contribution in [0.25, 0.3) is 11.0 Å². The fourth-order valence-corrected chi connectivity index (χ4v) is 3.57. The molecule has 2 aromatic heterocycles. The van der Waals surface area contributed by atoms with E-state index in [9.17, 15) is 4.79 Å². The third-order valence-corrected chi connectivity index (χ3v) is 4.85. The molecule has 3 rings (SSSR count). The average Bonchev–Trinajstić information content (AvgIpc) is 2.92. The van der Waals surface area contributed by atoms with E-state index in [0.717, 1.165) is 54.9 Å². The van der Waals surface area contributed by atoms with Gasteiger partial charge in [-0.1, -0.05) is 6.08 Å². The summed E-state index contributed by atoms with van der Waals surface area (Å²) in [7, 11) is 1.87. The van der Waals surface area contributed by atoms with Crippen LogP contribution >= 0.6 is 0 Å². The lowest BCUT2D eigenvalue weighted by molar-refractivity contribution is 0.0527. The van der Waals surface area contributed by atoms with Crippen LogP contribution in [0.5, 0.6) is 0 Å². The van der Waals surface area contributed by atoms with Gasteiger partial charge in [0.15, 0.2) is 5.65 Å². The Morgan fingerprint density at radius 2 is 2.19 bits per heavy atom. The molecule has 1 saturated heterocycles. The molecule has 1 aliphatic rings. The van der Waals surface area contributed by atoms with Gasteiger partial charge in [-0.05, 0) is 26.7 Å². The first-order valence-corrected chi connectivity index (χ1v) is 9.14. The van der Waals surface area contributed by atoms with Crippen LogP contribution in [0.4, 0.5) is 5.69 Å². The Morgan fingerprint density at radius 1 is 1.46 bits per heavy atom. The summed E-state index contributed by atoms with van der Waals surface area (Å²) in [5, 5.41) is 8.97. The van der Waals surface area contributed by atoms with Crippen molar-refractivity contribution in [2.75, 3.05) is 31.6 Å². The first-order chi connectivity index (χ1) is 12.5. The molecular formula is C19H27N5O2. The lowest BCUT2D eigenvalue weighted by atomic mass is 10.0. The molecule has 0 aliphatic carbocycles. The second-order valence-electron chi connectivity index (χ2n) is 6.68. The summed E-state index contributed by atoms with van der Waals surface area (Å²) in [6.07, 6.45) is 5.56. The van der Waals surface area contributed by atoms with Crippen LogP contribution in [-0.4, -0.2) is 57.9 Å². The molecule has 1 aliphatic heterocycles. The monoisotopic (exact) mass is 357 g/mol. The summed E-state index contributed by atoms with van der Waals surface area (Å²) in [6.45, 7) is 10.8. The minimum Gasteiger partial charge on any atom is -0.462 e. The first kappa shape index (κ1) is 18.4. The van der Waals surface area contributed by atoms with Gasteiger partial charge in [0.2, 0.25) is 0 Å². The summed E-state index contributed by atoms with van der Waals surface area (Å²) in [5.41, 5.74) is 2.89. The fourth-order valence-electron chi connectivity index (χ4n) is 3.57. The number of anilines is 1. The molecular weight excluding hydrogens is 330 g/mol. The van der Waals surface area contributed by atoms with Crippen LogP contribution in [0.3, 0.4) is 0 Å². The molecule has 0 radical (unpaired) electrons. The minimum absolute atomic E-state index is 0.300. The molecule has 0 unspecified atom stereocenters. The zero-order valence-corrected chi connectivity index (χ0v) is 15.8. The van der Waals surface area contributed by atoms with E-state index in [2.05, 4.69) is 26.9 Å². The number of hydrogen-bond donors (Lipinski definition) is 1. The Kier molecular flexibility index (Phi) is 5.56. The van der Waals surface area contributed by atoms with Gasteiger partial charge in [-0.25, -0.2) is 9.78 Å². The van der Waals surface area contributed by atoms with E-state index < -0.39 is 0 Å². The molecule has 1 N–H and O–H groups in total. The van der Waals surface area contributed by atoms with Gasteiger partial charge < -0.3 is 10.1 Å². The summed E-state index contributed by atoms with van der Waals surface area (Å²) < 4.78 is 6.98. The van der Waals surface area contributed by atoms with Crippen molar-refractivity contribution in [3.63, 3.8) is 0 Å². The molecule has 0 aromatic carbocycles. The third kappa shape index (κ3) is 3.58. The van der Waals surface area contributed by atoms with E-state index in [1.807, 2.05) is 27.0 Å². The van der Waals surface area contributed by atoms with Crippen LogP contribution in [-0.2, 0) is 11.8 Å². The van der Waals surface area contributed by atoms with Crippen LogP contribution in [0.15, 0.2) is 18.9 Å². The molecule has 26 heavy (non-hydrogen) atoms. The smallest absolute Gasteiger partial charge is 0.341 e. The number of hydrogen-bond acceptors (Lipinski definition) is 6. The van der Waals surface area contributed by atoms with Crippen molar-refractivity contribution >= 4 is 22.7 Å². The van der Waals surface area contributed by atoms with E-state index in [0.29, 0.717) is 18.2 Å². The highest BCUT2D eigenvalue weighted by Gasteiger charge is 2.25. The molecule has 0 bridgehead atoms. The predicted octanol–water partition coefficient (Wildman–Crippen LogP) is 2.52. The number of aromatic nitrogens is 3. The standard InChI is InChI=1S/C19H27N5O2/c1-5-9-24-10-7-14(8-11-24)21-17-15(19(25)26-6-2)12-20-18-16(17)13(3)22-23(18)4/h5,12,14H,1,6-11H2,2-4H3,(H,20,21). The molecule has 2 aromatic rings. The summed E-state index contributed by atoms with van der Waals surface area (Å²) in [6, 6.07) is 0.300. The fraction of sp³-hybridized carbons (Fsp3) is 0.526. The summed E-state index contributed by atoms with van der Waals surface area (Å²) >= 11 is 0. The highest BCUT2D eigenvalue weighted by molar-refractivity contribution is 6.05. The van der Waals surface area contributed by atoms with E-state index in [-0.39, 0.29) is 5.97 Å². The van der Waals surface area contributed by atoms with Gasteiger partial charge >= 0.3 is 5.97 Å². The van der Waals surface area contributed by atoms with Crippen molar-refractivity contribution in [1.82, 2.24) is 19.7 Å². The average molecular weight is 357 g/mol.